The zero-order valence-electron chi connectivity index (χ0n) is 11.4. The summed E-state index contributed by atoms with van der Waals surface area (Å²) in [6, 6.07) is 2.03. The summed E-state index contributed by atoms with van der Waals surface area (Å²) in [6.07, 6.45) is 6.63. The first-order valence-electron chi connectivity index (χ1n) is 6.66. The maximum atomic E-state index is 13.1. The quantitative estimate of drug-likeness (QED) is 0.906. The Morgan fingerprint density at radius 2 is 2.05 bits per heavy atom. The Kier molecular flexibility index (Phi) is 4.47. The molecule has 1 fully saturated rings. The summed E-state index contributed by atoms with van der Waals surface area (Å²) in [5, 5.41) is 3.27. The summed E-state index contributed by atoms with van der Waals surface area (Å²) in [5.74, 6) is -0.627. The normalized spacial score (nSPS) is 23.1. The van der Waals surface area contributed by atoms with E-state index in [-0.39, 0.29) is 11.9 Å². The number of carbonyl (C=O) groups excluding carboxylic acids is 1. The lowest BCUT2D eigenvalue weighted by Gasteiger charge is -2.34. The number of nitrogens with one attached hydrogen (secondary N) is 1. The van der Waals surface area contributed by atoms with E-state index in [1.807, 2.05) is 7.05 Å². The molecule has 1 saturated carbocycles. The van der Waals surface area contributed by atoms with Crippen molar-refractivity contribution in [1.29, 1.82) is 0 Å². The van der Waals surface area contributed by atoms with Crippen molar-refractivity contribution in [3.63, 3.8) is 0 Å². The molecule has 0 aromatic carbocycles. The van der Waals surface area contributed by atoms with Crippen LogP contribution >= 0.6 is 0 Å². The van der Waals surface area contributed by atoms with E-state index >= 15 is 0 Å². The molecule has 0 saturated heterocycles. The molecule has 1 aromatic rings. The van der Waals surface area contributed by atoms with Gasteiger partial charge in [0.15, 0.2) is 0 Å². The third-order valence-electron chi connectivity index (χ3n) is 3.92. The molecule has 1 aliphatic rings. The van der Waals surface area contributed by atoms with Crippen LogP contribution < -0.4 is 5.32 Å². The topological polar surface area (TPSA) is 45.2 Å². The largest absolute Gasteiger partial charge is 0.339 e. The Balaban J connectivity index is 2.00. The summed E-state index contributed by atoms with van der Waals surface area (Å²) < 4.78 is 13.1. The molecule has 2 rings (SSSR count). The van der Waals surface area contributed by atoms with E-state index in [1.54, 1.807) is 11.9 Å². The highest BCUT2D eigenvalue weighted by molar-refractivity contribution is 5.93. The van der Waals surface area contributed by atoms with Crippen molar-refractivity contribution in [2.75, 3.05) is 14.1 Å². The number of rotatable bonds is 3. The lowest BCUT2D eigenvalue weighted by molar-refractivity contribution is 0.0685. The van der Waals surface area contributed by atoms with Crippen LogP contribution in [0.3, 0.4) is 0 Å². The van der Waals surface area contributed by atoms with E-state index < -0.39 is 5.82 Å². The van der Waals surface area contributed by atoms with Crippen LogP contribution in [0.1, 0.15) is 36.0 Å². The zero-order valence-corrected chi connectivity index (χ0v) is 11.4. The van der Waals surface area contributed by atoms with Gasteiger partial charge in [0.1, 0.15) is 5.82 Å². The fourth-order valence-corrected chi connectivity index (χ4v) is 2.65. The average Bonchev–Trinajstić information content (AvgIpc) is 2.46. The molecule has 0 aliphatic heterocycles. The Morgan fingerprint density at radius 3 is 2.63 bits per heavy atom. The Bertz CT molecular complexity index is 444. The molecule has 0 spiro atoms. The summed E-state index contributed by atoms with van der Waals surface area (Å²) in [7, 11) is 3.76. The number of carbonyl (C=O) groups is 1. The van der Waals surface area contributed by atoms with Crippen molar-refractivity contribution in [1.82, 2.24) is 15.2 Å². The van der Waals surface area contributed by atoms with E-state index in [2.05, 4.69) is 10.3 Å². The molecule has 5 heteroatoms. The van der Waals surface area contributed by atoms with Gasteiger partial charge in [0, 0.05) is 25.3 Å². The summed E-state index contributed by atoms with van der Waals surface area (Å²) in [4.78, 5) is 17.7. The summed E-state index contributed by atoms with van der Waals surface area (Å²) in [6.45, 7) is 0. The molecule has 0 unspecified atom stereocenters. The fourth-order valence-electron chi connectivity index (χ4n) is 2.65. The van der Waals surface area contributed by atoms with E-state index in [9.17, 15) is 9.18 Å². The van der Waals surface area contributed by atoms with Crippen LogP contribution in [0.25, 0.3) is 0 Å². The van der Waals surface area contributed by atoms with Gasteiger partial charge in [0.05, 0.1) is 11.8 Å². The van der Waals surface area contributed by atoms with E-state index in [0.29, 0.717) is 11.6 Å². The molecule has 1 amide bonds. The van der Waals surface area contributed by atoms with Crippen molar-refractivity contribution in [3.8, 4) is 0 Å². The van der Waals surface area contributed by atoms with Gasteiger partial charge < -0.3 is 10.2 Å². The van der Waals surface area contributed by atoms with Crippen LogP contribution in [0.5, 0.6) is 0 Å². The lowest BCUT2D eigenvalue weighted by atomic mass is 9.90. The lowest BCUT2D eigenvalue weighted by Crippen LogP contribution is -2.42. The van der Waals surface area contributed by atoms with Gasteiger partial charge in [-0.3, -0.25) is 9.78 Å². The van der Waals surface area contributed by atoms with Gasteiger partial charge in [0.25, 0.3) is 5.91 Å². The van der Waals surface area contributed by atoms with Gasteiger partial charge in [-0.15, -0.1) is 0 Å². The minimum absolute atomic E-state index is 0.153. The van der Waals surface area contributed by atoms with Crippen LogP contribution in [-0.2, 0) is 0 Å². The standard InChI is InChI=1S/C14H20FN3O/c1-16-12-3-5-13(6-4-12)18(2)14(19)10-7-11(15)9-17-8-10/h7-9,12-13,16H,3-6H2,1-2H3. The van der Waals surface area contributed by atoms with Crippen LogP contribution in [0.4, 0.5) is 4.39 Å². The minimum atomic E-state index is -0.474. The van der Waals surface area contributed by atoms with Gasteiger partial charge in [-0.2, -0.15) is 0 Å². The van der Waals surface area contributed by atoms with Crippen molar-refractivity contribution in [3.05, 3.63) is 29.8 Å². The highest BCUT2D eigenvalue weighted by Gasteiger charge is 2.26. The van der Waals surface area contributed by atoms with Gasteiger partial charge >= 0.3 is 0 Å². The smallest absolute Gasteiger partial charge is 0.255 e. The van der Waals surface area contributed by atoms with Gasteiger partial charge in [-0.25, -0.2) is 4.39 Å². The van der Waals surface area contributed by atoms with Crippen LogP contribution in [0, 0.1) is 5.82 Å². The van der Waals surface area contributed by atoms with E-state index in [4.69, 9.17) is 0 Å². The summed E-state index contributed by atoms with van der Waals surface area (Å²) >= 11 is 0. The molecule has 4 nitrogen and oxygen atoms in total. The predicted octanol–water partition coefficient (Wildman–Crippen LogP) is 1.82. The monoisotopic (exact) mass is 265 g/mol. The van der Waals surface area contributed by atoms with Crippen molar-refractivity contribution in [2.45, 2.75) is 37.8 Å². The first kappa shape index (κ1) is 13.9. The Hall–Kier alpha value is -1.49. The molecule has 1 N–H and O–H groups in total. The van der Waals surface area contributed by atoms with Crippen LogP contribution in [0.2, 0.25) is 0 Å². The van der Waals surface area contributed by atoms with Crippen LogP contribution in [0.15, 0.2) is 18.5 Å². The number of aromatic nitrogens is 1. The van der Waals surface area contributed by atoms with Crippen molar-refractivity contribution in [2.24, 2.45) is 0 Å². The molecule has 1 aliphatic carbocycles. The zero-order chi connectivity index (χ0) is 13.8. The number of halogens is 1. The number of hydrogen-bond donors (Lipinski definition) is 1. The number of nitrogens with zero attached hydrogens (tertiary/aromatic N) is 2. The first-order valence-corrected chi connectivity index (χ1v) is 6.66. The second-order valence-electron chi connectivity index (χ2n) is 5.10. The van der Waals surface area contributed by atoms with Crippen molar-refractivity contribution < 1.29 is 9.18 Å². The molecular formula is C14H20FN3O. The highest BCUT2D eigenvalue weighted by Crippen LogP contribution is 2.23. The molecule has 0 bridgehead atoms. The van der Waals surface area contributed by atoms with Gasteiger partial charge in [-0.05, 0) is 38.8 Å². The minimum Gasteiger partial charge on any atom is -0.339 e. The molecule has 0 atom stereocenters. The molecular weight excluding hydrogens is 245 g/mol. The third kappa shape index (κ3) is 3.29. The molecule has 104 valence electrons. The molecule has 0 radical (unpaired) electrons. The summed E-state index contributed by atoms with van der Waals surface area (Å²) in [5.41, 5.74) is 0.318. The molecule has 1 heterocycles. The van der Waals surface area contributed by atoms with Gasteiger partial charge in [0.2, 0.25) is 0 Å². The van der Waals surface area contributed by atoms with Crippen molar-refractivity contribution >= 4 is 5.91 Å². The van der Waals surface area contributed by atoms with Crippen LogP contribution in [-0.4, -0.2) is 42.0 Å². The Labute approximate surface area is 113 Å². The highest BCUT2D eigenvalue weighted by atomic mass is 19.1. The maximum absolute atomic E-state index is 13.1. The average molecular weight is 265 g/mol. The number of hydrogen-bond acceptors (Lipinski definition) is 3. The molecule has 19 heavy (non-hydrogen) atoms. The second-order valence-corrected chi connectivity index (χ2v) is 5.10. The first-order chi connectivity index (χ1) is 9.11. The van der Waals surface area contributed by atoms with E-state index in [1.165, 1.54) is 12.3 Å². The third-order valence-corrected chi connectivity index (χ3v) is 3.92. The number of amides is 1. The molecule has 1 aromatic heterocycles. The van der Waals surface area contributed by atoms with Gasteiger partial charge in [-0.1, -0.05) is 0 Å². The predicted molar refractivity (Wildman–Crippen MR) is 71.4 cm³/mol. The van der Waals surface area contributed by atoms with E-state index in [0.717, 1.165) is 31.9 Å². The fraction of sp³-hybridized carbons (Fsp3) is 0.571. The second kappa shape index (κ2) is 6.10. The maximum Gasteiger partial charge on any atom is 0.255 e. The number of pyridine rings is 1. The SMILES string of the molecule is CNC1CCC(N(C)C(=O)c2cncc(F)c2)CC1. The Morgan fingerprint density at radius 1 is 1.37 bits per heavy atom.